The van der Waals surface area contributed by atoms with Crippen molar-refractivity contribution in [1.82, 2.24) is 10.2 Å². The molecule has 0 unspecified atom stereocenters. The van der Waals surface area contributed by atoms with Crippen molar-refractivity contribution in [3.8, 4) is 5.75 Å². The molecule has 1 aromatic carbocycles. The van der Waals surface area contributed by atoms with Crippen molar-refractivity contribution in [2.75, 3.05) is 11.8 Å². The number of rotatable bonds is 5. The van der Waals surface area contributed by atoms with Crippen molar-refractivity contribution in [2.24, 2.45) is 0 Å². The first kappa shape index (κ1) is 13.7. The second-order valence-corrected chi connectivity index (χ2v) is 6.00. The van der Waals surface area contributed by atoms with Gasteiger partial charge in [-0.15, -0.1) is 10.2 Å². The SMILES string of the molecule is COc1ccc(S(=O)(=O)Nc2nncs2)cc1CO. The average molecular weight is 301 g/mol. The quantitative estimate of drug-likeness (QED) is 0.848. The van der Waals surface area contributed by atoms with Crippen molar-refractivity contribution in [3.63, 3.8) is 0 Å². The average Bonchev–Trinajstić information content (AvgIpc) is 2.89. The summed E-state index contributed by atoms with van der Waals surface area (Å²) in [5.41, 5.74) is 1.81. The third kappa shape index (κ3) is 3.00. The molecule has 7 nitrogen and oxygen atoms in total. The summed E-state index contributed by atoms with van der Waals surface area (Å²) < 4.78 is 31.5. The van der Waals surface area contributed by atoms with Gasteiger partial charge >= 0.3 is 0 Å². The van der Waals surface area contributed by atoms with Crippen LogP contribution in [-0.4, -0.2) is 30.8 Å². The fraction of sp³-hybridized carbons (Fsp3) is 0.200. The van der Waals surface area contributed by atoms with Gasteiger partial charge in [0.25, 0.3) is 10.0 Å². The van der Waals surface area contributed by atoms with Crippen LogP contribution in [0.4, 0.5) is 5.13 Å². The lowest BCUT2D eigenvalue weighted by atomic mass is 10.2. The Morgan fingerprint density at radius 3 is 2.84 bits per heavy atom. The number of anilines is 1. The minimum Gasteiger partial charge on any atom is -0.496 e. The Kier molecular flexibility index (Phi) is 3.98. The van der Waals surface area contributed by atoms with Gasteiger partial charge in [-0.05, 0) is 18.2 Å². The van der Waals surface area contributed by atoms with Crippen LogP contribution in [0.1, 0.15) is 5.56 Å². The smallest absolute Gasteiger partial charge is 0.263 e. The van der Waals surface area contributed by atoms with E-state index in [0.717, 1.165) is 11.3 Å². The van der Waals surface area contributed by atoms with Crippen LogP contribution >= 0.6 is 11.3 Å². The zero-order chi connectivity index (χ0) is 13.9. The molecule has 2 aromatic rings. The van der Waals surface area contributed by atoms with Crippen LogP contribution in [0.3, 0.4) is 0 Å². The molecule has 0 radical (unpaired) electrons. The number of hydrogen-bond donors (Lipinski definition) is 2. The summed E-state index contributed by atoms with van der Waals surface area (Å²) in [5.74, 6) is 0.428. The molecular weight excluding hydrogens is 290 g/mol. The Hall–Kier alpha value is -1.71. The van der Waals surface area contributed by atoms with Gasteiger partial charge in [0.05, 0.1) is 18.6 Å². The molecule has 0 saturated carbocycles. The van der Waals surface area contributed by atoms with Crippen LogP contribution in [0.25, 0.3) is 0 Å². The van der Waals surface area contributed by atoms with Gasteiger partial charge < -0.3 is 9.84 Å². The zero-order valence-electron chi connectivity index (χ0n) is 9.90. The number of nitrogens with zero attached hydrogens (tertiary/aromatic N) is 2. The maximum absolute atomic E-state index is 12.1. The van der Waals surface area contributed by atoms with Gasteiger partial charge in [-0.1, -0.05) is 11.3 Å². The number of aromatic nitrogens is 2. The number of aliphatic hydroxyl groups excluding tert-OH is 1. The number of aliphatic hydroxyl groups is 1. The Balaban J connectivity index is 2.35. The number of sulfonamides is 1. The molecule has 0 fully saturated rings. The fourth-order valence-corrected chi connectivity index (χ4v) is 3.18. The van der Waals surface area contributed by atoms with Gasteiger partial charge in [-0.2, -0.15) is 0 Å². The first-order chi connectivity index (χ1) is 9.06. The second-order valence-electron chi connectivity index (χ2n) is 3.48. The molecule has 9 heteroatoms. The summed E-state index contributed by atoms with van der Waals surface area (Å²) >= 11 is 1.08. The summed E-state index contributed by atoms with van der Waals surface area (Å²) in [5, 5.41) is 16.5. The van der Waals surface area contributed by atoms with Crippen LogP contribution in [0.5, 0.6) is 5.75 Å². The molecule has 1 heterocycles. The van der Waals surface area contributed by atoms with E-state index in [9.17, 15) is 13.5 Å². The first-order valence-electron chi connectivity index (χ1n) is 5.13. The van der Waals surface area contributed by atoms with Gasteiger partial charge in [0.15, 0.2) is 0 Å². The lowest BCUT2D eigenvalue weighted by molar-refractivity contribution is 0.273. The highest BCUT2D eigenvalue weighted by atomic mass is 32.2. The molecule has 2 N–H and O–H groups in total. The van der Waals surface area contributed by atoms with E-state index in [2.05, 4.69) is 14.9 Å². The third-order valence-corrected chi connectivity index (χ3v) is 4.39. The molecule has 2 rings (SSSR count). The van der Waals surface area contributed by atoms with Crippen LogP contribution in [-0.2, 0) is 16.6 Å². The standard InChI is InChI=1S/C10H11N3O4S2/c1-17-9-3-2-8(4-7(9)5-14)19(15,16)13-10-12-11-6-18-10/h2-4,6,14H,5H2,1H3,(H,12,13). The molecule has 0 amide bonds. The van der Waals surface area contributed by atoms with Crippen LogP contribution in [0, 0.1) is 0 Å². The number of ether oxygens (including phenoxy) is 1. The number of benzene rings is 1. The Labute approximate surface area is 113 Å². The summed E-state index contributed by atoms with van der Waals surface area (Å²) in [6.07, 6.45) is 0. The topological polar surface area (TPSA) is 101 Å². The summed E-state index contributed by atoms with van der Waals surface area (Å²) in [4.78, 5) is 0.0209. The summed E-state index contributed by atoms with van der Waals surface area (Å²) in [6.45, 7) is -0.314. The third-order valence-electron chi connectivity index (χ3n) is 2.31. The van der Waals surface area contributed by atoms with E-state index in [-0.39, 0.29) is 16.6 Å². The van der Waals surface area contributed by atoms with Gasteiger partial charge in [-0.25, -0.2) is 8.42 Å². The van der Waals surface area contributed by atoms with E-state index in [1.54, 1.807) is 0 Å². The van der Waals surface area contributed by atoms with Gasteiger partial charge in [-0.3, -0.25) is 4.72 Å². The molecular formula is C10H11N3O4S2. The van der Waals surface area contributed by atoms with Crippen molar-refractivity contribution < 1.29 is 18.3 Å². The Bertz CT molecular complexity index is 655. The predicted molar refractivity (Wildman–Crippen MR) is 69.6 cm³/mol. The first-order valence-corrected chi connectivity index (χ1v) is 7.50. The predicted octanol–water partition coefficient (Wildman–Crippen LogP) is 0.840. The van der Waals surface area contributed by atoms with E-state index in [4.69, 9.17) is 4.74 Å². The zero-order valence-corrected chi connectivity index (χ0v) is 11.5. The van der Waals surface area contributed by atoms with E-state index >= 15 is 0 Å². The molecule has 0 aliphatic heterocycles. The molecule has 0 saturated heterocycles. The fourth-order valence-electron chi connectivity index (χ4n) is 1.44. The highest BCUT2D eigenvalue weighted by molar-refractivity contribution is 7.93. The number of nitrogens with one attached hydrogen (secondary N) is 1. The molecule has 0 aliphatic carbocycles. The number of hydrogen-bond acceptors (Lipinski definition) is 7. The molecule has 0 atom stereocenters. The number of methoxy groups -OCH3 is 1. The monoisotopic (exact) mass is 301 g/mol. The van der Waals surface area contributed by atoms with E-state index in [1.807, 2.05) is 0 Å². The van der Waals surface area contributed by atoms with Crippen molar-refractivity contribution in [1.29, 1.82) is 0 Å². The van der Waals surface area contributed by atoms with E-state index < -0.39 is 10.0 Å². The molecule has 0 bridgehead atoms. The molecule has 1 aromatic heterocycles. The highest BCUT2D eigenvalue weighted by Crippen LogP contribution is 2.24. The second kappa shape index (κ2) is 5.51. The molecule has 0 aliphatic rings. The van der Waals surface area contributed by atoms with E-state index in [1.165, 1.54) is 30.8 Å². The minimum atomic E-state index is -3.75. The lowest BCUT2D eigenvalue weighted by Crippen LogP contribution is -2.13. The molecule has 102 valence electrons. The minimum absolute atomic E-state index is 0.0209. The maximum Gasteiger partial charge on any atom is 0.263 e. The summed E-state index contributed by atoms with van der Waals surface area (Å²) in [6, 6.07) is 4.23. The Morgan fingerprint density at radius 1 is 1.47 bits per heavy atom. The lowest BCUT2D eigenvalue weighted by Gasteiger charge is -2.09. The summed E-state index contributed by atoms with van der Waals surface area (Å²) in [7, 11) is -2.30. The maximum atomic E-state index is 12.1. The van der Waals surface area contributed by atoms with Crippen LogP contribution in [0.15, 0.2) is 28.6 Å². The Morgan fingerprint density at radius 2 is 2.26 bits per heavy atom. The van der Waals surface area contributed by atoms with Crippen molar-refractivity contribution >= 4 is 26.5 Å². The van der Waals surface area contributed by atoms with Crippen LogP contribution < -0.4 is 9.46 Å². The van der Waals surface area contributed by atoms with Crippen molar-refractivity contribution in [2.45, 2.75) is 11.5 Å². The van der Waals surface area contributed by atoms with Crippen molar-refractivity contribution in [3.05, 3.63) is 29.3 Å². The van der Waals surface area contributed by atoms with Gasteiger partial charge in [0.2, 0.25) is 5.13 Å². The largest absolute Gasteiger partial charge is 0.496 e. The molecule has 0 spiro atoms. The van der Waals surface area contributed by atoms with E-state index in [0.29, 0.717) is 11.3 Å². The highest BCUT2D eigenvalue weighted by Gasteiger charge is 2.17. The van der Waals surface area contributed by atoms with Gasteiger partial charge in [0, 0.05) is 5.56 Å². The van der Waals surface area contributed by atoms with Gasteiger partial charge in [0.1, 0.15) is 11.3 Å². The molecule has 19 heavy (non-hydrogen) atoms. The van der Waals surface area contributed by atoms with Crippen LogP contribution in [0.2, 0.25) is 0 Å². The normalized spacial score (nSPS) is 11.3.